The van der Waals surface area contributed by atoms with E-state index in [0.717, 1.165) is 0 Å². The van der Waals surface area contributed by atoms with E-state index in [-0.39, 0.29) is 5.76 Å². The van der Waals surface area contributed by atoms with Crippen LogP contribution in [-0.2, 0) is 0 Å². The van der Waals surface area contributed by atoms with E-state index in [1.807, 2.05) is 0 Å². The number of hydrogen-bond donors (Lipinski definition) is 1. The molecule has 1 heterocycles. The number of rotatable bonds is 2. The Hall–Kier alpha value is -1.16. The SMILES string of the molecule is Cc1ncoc1C(=O)CO. The van der Waals surface area contributed by atoms with Gasteiger partial charge in [0, 0.05) is 0 Å². The number of ketones is 1. The van der Waals surface area contributed by atoms with Gasteiger partial charge < -0.3 is 9.52 Å². The minimum atomic E-state index is -0.532. The van der Waals surface area contributed by atoms with Crippen LogP contribution >= 0.6 is 0 Å². The Morgan fingerprint density at radius 3 is 3.00 bits per heavy atom. The van der Waals surface area contributed by atoms with Crippen LogP contribution in [0, 0.1) is 6.92 Å². The van der Waals surface area contributed by atoms with Crippen molar-refractivity contribution in [3.8, 4) is 0 Å². The van der Waals surface area contributed by atoms with Gasteiger partial charge in [-0.25, -0.2) is 4.98 Å². The number of oxazole rings is 1. The smallest absolute Gasteiger partial charge is 0.225 e. The van der Waals surface area contributed by atoms with Crippen LogP contribution in [0.15, 0.2) is 10.8 Å². The Balaban J connectivity index is 2.93. The Morgan fingerprint density at radius 1 is 1.90 bits per heavy atom. The molecule has 0 amide bonds. The van der Waals surface area contributed by atoms with Crippen molar-refractivity contribution >= 4 is 5.78 Å². The zero-order valence-electron chi connectivity index (χ0n) is 5.50. The van der Waals surface area contributed by atoms with Crippen molar-refractivity contribution in [2.75, 3.05) is 6.61 Å². The minimum Gasteiger partial charge on any atom is -0.440 e. The average Bonchev–Trinajstić information content (AvgIpc) is 2.34. The predicted octanol–water partition coefficient (Wildman–Crippen LogP) is 0.158. The first kappa shape index (κ1) is 6.95. The predicted molar refractivity (Wildman–Crippen MR) is 32.7 cm³/mol. The molecule has 4 nitrogen and oxygen atoms in total. The van der Waals surface area contributed by atoms with Crippen molar-refractivity contribution in [2.45, 2.75) is 6.92 Å². The molecule has 0 aliphatic rings. The first-order valence-electron chi connectivity index (χ1n) is 2.80. The second-order valence-corrected chi connectivity index (χ2v) is 1.85. The highest BCUT2D eigenvalue weighted by molar-refractivity contribution is 5.95. The molecule has 54 valence electrons. The second kappa shape index (κ2) is 2.62. The number of aromatic nitrogens is 1. The van der Waals surface area contributed by atoms with E-state index >= 15 is 0 Å². The molecule has 1 aromatic rings. The topological polar surface area (TPSA) is 63.3 Å². The highest BCUT2D eigenvalue weighted by Gasteiger charge is 2.11. The number of nitrogens with zero attached hydrogens (tertiary/aromatic N) is 1. The molecule has 1 rings (SSSR count). The molecule has 4 heteroatoms. The van der Waals surface area contributed by atoms with Gasteiger partial charge in [-0.15, -0.1) is 0 Å². The number of aryl methyl sites for hydroxylation is 1. The fourth-order valence-corrected chi connectivity index (χ4v) is 0.641. The number of carbonyl (C=O) groups is 1. The number of carbonyl (C=O) groups excluding carboxylic acids is 1. The molecule has 10 heavy (non-hydrogen) atoms. The number of hydrogen-bond acceptors (Lipinski definition) is 4. The summed E-state index contributed by atoms with van der Waals surface area (Å²) in [4.78, 5) is 14.4. The monoisotopic (exact) mass is 141 g/mol. The summed E-state index contributed by atoms with van der Waals surface area (Å²) in [5.74, 6) is -0.294. The van der Waals surface area contributed by atoms with E-state index in [9.17, 15) is 4.79 Å². The Bertz CT molecular complexity index is 241. The summed E-state index contributed by atoms with van der Waals surface area (Å²) in [7, 11) is 0. The Morgan fingerprint density at radius 2 is 2.60 bits per heavy atom. The third-order valence-electron chi connectivity index (χ3n) is 1.14. The molecule has 0 bridgehead atoms. The second-order valence-electron chi connectivity index (χ2n) is 1.85. The highest BCUT2D eigenvalue weighted by Crippen LogP contribution is 2.04. The first-order chi connectivity index (χ1) is 4.75. The number of aliphatic hydroxyl groups excluding tert-OH is 1. The third-order valence-corrected chi connectivity index (χ3v) is 1.14. The van der Waals surface area contributed by atoms with E-state index in [1.165, 1.54) is 6.39 Å². The maximum atomic E-state index is 10.7. The van der Waals surface area contributed by atoms with Gasteiger partial charge in [-0.2, -0.15) is 0 Å². The van der Waals surface area contributed by atoms with Crippen LogP contribution in [0.2, 0.25) is 0 Å². The number of Topliss-reactive ketones (excluding diaryl/α,β-unsaturated/α-hetero) is 1. The molecule has 0 saturated carbocycles. The van der Waals surface area contributed by atoms with Gasteiger partial charge in [-0.05, 0) is 6.92 Å². The summed E-state index contributed by atoms with van der Waals surface area (Å²) in [5.41, 5.74) is 0.513. The average molecular weight is 141 g/mol. The summed E-state index contributed by atoms with van der Waals surface area (Å²) in [5, 5.41) is 8.39. The zero-order valence-corrected chi connectivity index (χ0v) is 5.50. The molecule has 0 saturated heterocycles. The van der Waals surface area contributed by atoms with Crippen molar-refractivity contribution < 1.29 is 14.3 Å². The van der Waals surface area contributed by atoms with Gasteiger partial charge >= 0.3 is 0 Å². The molecule has 0 unspecified atom stereocenters. The third kappa shape index (κ3) is 1.06. The quantitative estimate of drug-likeness (QED) is 0.596. The van der Waals surface area contributed by atoms with Crippen LogP contribution in [-0.4, -0.2) is 22.5 Å². The fraction of sp³-hybridized carbons (Fsp3) is 0.333. The Kier molecular flexibility index (Phi) is 1.82. The lowest BCUT2D eigenvalue weighted by atomic mass is 10.3. The molecule has 0 atom stereocenters. The van der Waals surface area contributed by atoms with Crippen molar-refractivity contribution in [3.05, 3.63) is 17.8 Å². The maximum absolute atomic E-state index is 10.7. The van der Waals surface area contributed by atoms with Crippen molar-refractivity contribution in [1.29, 1.82) is 0 Å². The molecule has 0 spiro atoms. The Labute approximate surface area is 57.5 Å². The van der Waals surface area contributed by atoms with Gasteiger partial charge in [0.05, 0.1) is 5.69 Å². The summed E-state index contributed by atoms with van der Waals surface area (Å²) in [6, 6.07) is 0. The van der Waals surface area contributed by atoms with Gasteiger partial charge in [-0.3, -0.25) is 4.79 Å². The fourth-order valence-electron chi connectivity index (χ4n) is 0.641. The van der Waals surface area contributed by atoms with Gasteiger partial charge in [0.1, 0.15) is 6.61 Å². The molecule has 0 aliphatic heterocycles. The highest BCUT2D eigenvalue weighted by atomic mass is 16.4. The standard InChI is InChI=1S/C6H7NO3/c1-4-6(5(9)2-8)10-3-7-4/h3,8H,2H2,1H3. The first-order valence-corrected chi connectivity index (χ1v) is 2.80. The van der Waals surface area contributed by atoms with E-state index in [0.29, 0.717) is 5.69 Å². The summed E-state index contributed by atoms with van der Waals surface area (Å²) < 4.78 is 4.70. The molecule has 1 aromatic heterocycles. The molecule has 0 radical (unpaired) electrons. The van der Waals surface area contributed by atoms with Crippen LogP contribution in [0.1, 0.15) is 16.2 Å². The van der Waals surface area contributed by atoms with Crippen molar-refractivity contribution in [1.82, 2.24) is 4.98 Å². The molecule has 0 fully saturated rings. The van der Waals surface area contributed by atoms with Crippen molar-refractivity contribution in [3.63, 3.8) is 0 Å². The van der Waals surface area contributed by atoms with Crippen LogP contribution in [0.5, 0.6) is 0 Å². The number of aliphatic hydroxyl groups is 1. The van der Waals surface area contributed by atoms with Gasteiger partial charge in [0.15, 0.2) is 12.2 Å². The van der Waals surface area contributed by atoms with E-state index in [1.54, 1.807) is 6.92 Å². The normalized spacial score (nSPS) is 9.80. The summed E-state index contributed by atoms with van der Waals surface area (Å²) in [6.45, 7) is 1.11. The van der Waals surface area contributed by atoms with E-state index in [2.05, 4.69) is 4.98 Å². The van der Waals surface area contributed by atoms with Gasteiger partial charge in [-0.1, -0.05) is 0 Å². The van der Waals surface area contributed by atoms with Crippen LogP contribution in [0.3, 0.4) is 0 Å². The molecular formula is C6H7NO3. The van der Waals surface area contributed by atoms with Crippen LogP contribution in [0.4, 0.5) is 0 Å². The van der Waals surface area contributed by atoms with E-state index in [4.69, 9.17) is 9.52 Å². The largest absolute Gasteiger partial charge is 0.440 e. The molecular weight excluding hydrogens is 134 g/mol. The molecule has 0 aliphatic carbocycles. The van der Waals surface area contributed by atoms with Gasteiger partial charge in [0.2, 0.25) is 5.78 Å². The summed E-state index contributed by atoms with van der Waals surface area (Å²) >= 11 is 0. The lowest BCUT2D eigenvalue weighted by Crippen LogP contribution is -2.04. The van der Waals surface area contributed by atoms with E-state index < -0.39 is 12.4 Å². The maximum Gasteiger partial charge on any atom is 0.225 e. The van der Waals surface area contributed by atoms with Crippen molar-refractivity contribution in [2.24, 2.45) is 0 Å². The zero-order chi connectivity index (χ0) is 7.56. The van der Waals surface area contributed by atoms with Gasteiger partial charge in [0.25, 0.3) is 0 Å². The molecule has 0 aromatic carbocycles. The molecule has 1 N–H and O–H groups in total. The van der Waals surface area contributed by atoms with Crippen LogP contribution < -0.4 is 0 Å². The lowest BCUT2D eigenvalue weighted by molar-refractivity contribution is 0.0875. The lowest BCUT2D eigenvalue weighted by Gasteiger charge is -1.88. The summed E-state index contributed by atoms with van der Waals surface area (Å²) in [6.07, 6.45) is 1.18. The minimum absolute atomic E-state index is 0.141. The van der Waals surface area contributed by atoms with Crippen LogP contribution in [0.25, 0.3) is 0 Å².